The maximum absolute atomic E-state index is 12.9. The molecule has 1 aliphatic heterocycles. The van der Waals surface area contributed by atoms with Crippen LogP contribution in [-0.4, -0.2) is 58.1 Å². The summed E-state index contributed by atoms with van der Waals surface area (Å²) in [4.78, 5) is 11.7. The molecule has 0 aliphatic carbocycles. The van der Waals surface area contributed by atoms with E-state index in [-0.39, 0.29) is 62.5 Å². The number of benzene rings is 1. The van der Waals surface area contributed by atoms with Crippen molar-refractivity contribution >= 4 is 21.8 Å². The van der Waals surface area contributed by atoms with Crippen molar-refractivity contribution in [2.75, 3.05) is 33.2 Å². The molecule has 0 bridgehead atoms. The second-order valence-electron chi connectivity index (χ2n) is 7.01. The van der Waals surface area contributed by atoms with Crippen LogP contribution >= 0.6 is 0 Å². The van der Waals surface area contributed by atoms with Gasteiger partial charge >= 0.3 is 29.6 Å². The smallest absolute Gasteiger partial charge is 1.00 e. The molecule has 11 heteroatoms. The van der Waals surface area contributed by atoms with Crippen LogP contribution < -0.4 is 34.3 Å². The first-order valence-electron chi connectivity index (χ1n) is 9.41. The molecule has 0 amide bonds. The van der Waals surface area contributed by atoms with E-state index >= 15 is 0 Å². The molecule has 7 nitrogen and oxygen atoms in total. The number of hydrogen-bond donors (Lipinski definition) is 1. The Kier molecular flexibility index (Phi) is 8.54. The number of aromatic amines is 1. The van der Waals surface area contributed by atoms with Crippen molar-refractivity contribution in [1.82, 2.24) is 15.0 Å². The number of aromatic nitrogens is 3. The van der Waals surface area contributed by atoms with Crippen molar-refractivity contribution in [3.8, 4) is 5.75 Å². The maximum Gasteiger partial charge on any atom is 1.00 e. The quantitative estimate of drug-likeness (QED) is 0.478. The maximum atomic E-state index is 12.9. The largest absolute Gasteiger partial charge is 1.00 e. The van der Waals surface area contributed by atoms with Crippen LogP contribution in [0, 0.1) is 5.92 Å². The molecular weight excluding hydrogens is 439 g/mol. The summed E-state index contributed by atoms with van der Waals surface area (Å²) < 4.78 is 54.6. The molecule has 1 N–H and O–H groups in total. The predicted octanol–water partition coefficient (Wildman–Crippen LogP) is 0.0593. The van der Waals surface area contributed by atoms with Gasteiger partial charge in [-0.1, -0.05) is 12.1 Å². The van der Waals surface area contributed by atoms with Crippen LogP contribution in [0.2, 0.25) is 0 Å². The monoisotopic (exact) mass is 461 g/mol. The molecule has 1 aromatic carbocycles. The number of nitrogens with zero attached hydrogens (tertiary/aromatic N) is 2. The third-order valence-corrected chi connectivity index (χ3v) is 5.89. The predicted molar refractivity (Wildman–Crippen MR) is 107 cm³/mol. The van der Waals surface area contributed by atoms with Gasteiger partial charge in [0.05, 0.1) is 53.1 Å². The molecule has 1 fully saturated rings. The van der Waals surface area contributed by atoms with Gasteiger partial charge in [-0.3, -0.25) is 9.19 Å². The fourth-order valence-corrected chi connectivity index (χ4v) is 3.98. The molecule has 1 saturated heterocycles. The topological polar surface area (TPSA) is 86.3 Å². The van der Waals surface area contributed by atoms with E-state index in [1.54, 1.807) is 18.3 Å². The summed E-state index contributed by atoms with van der Waals surface area (Å²) in [7, 11) is -1.39. The Hall–Kier alpha value is -1.43. The zero-order valence-corrected chi connectivity index (χ0v) is 19.9. The van der Waals surface area contributed by atoms with E-state index in [0.717, 1.165) is 11.0 Å². The van der Waals surface area contributed by atoms with Crippen LogP contribution in [0.4, 0.5) is 8.78 Å². The number of pyridine rings is 1. The number of hydrogen-bond acceptors (Lipinski definition) is 6. The first-order valence-corrected chi connectivity index (χ1v) is 10.7. The van der Waals surface area contributed by atoms with Crippen molar-refractivity contribution < 1.29 is 58.2 Å². The van der Waals surface area contributed by atoms with E-state index in [0.29, 0.717) is 16.6 Å². The zero-order chi connectivity index (χ0) is 21.0. The van der Waals surface area contributed by atoms with Crippen LogP contribution in [0.5, 0.6) is 5.75 Å². The van der Waals surface area contributed by atoms with Crippen molar-refractivity contribution in [2.45, 2.75) is 16.7 Å². The summed E-state index contributed by atoms with van der Waals surface area (Å²) in [6.07, 6.45) is 1.57. The zero-order valence-electron chi connectivity index (χ0n) is 18.1. The molecule has 1 aliphatic rings. The normalized spacial score (nSPS) is 17.2. The van der Waals surface area contributed by atoms with Crippen LogP contribution in [0.1, 0.15) is 7.12 Å². The minimum atomic E-state index is -1.78. The van der Waals surface area contributed by atoms with Crippen molar-refractivity contribution in [3.63, 3.8) is 0 Å². The fourth-order valence-electron chi connectivity index (χ4n) is 2.99. The van der Waals surface area contributed by atoms with E-state index in [1.807, 2.05) is 24.3 Å². The number of para-hydroxylation sites is 2. The molecule has 1 unspecified atom stereocenters. The minimum absolute atomic E-state index is 0. The third kappa shape index (κ3) is 5.88. The molecule has 31 heavy (non-hydrogen) atoms. The van der Waals surface area contributed by atoms with Crippen molar-refractivity contribution in [2.24, 2.45) is 5.92 Å². The molecule has 1 atom stereocenters. The molecule has 2 aromatic heterocycles. The van der Waals surface area contributed by atoms with Crippen molar-refractivity contribution in [3.05, 3.63) is 48.3 Å². The Bertz CT molecular complexity index is 998. The fraction of sp³-hybridized carbons (Fsp3) is 0.400. The molecule has 162 valence electrons. The summed E-state index contributed by atoms with van der Waals surface area (Å²) in [6.45, 7) is -1.53. The summed E-state index contributed by atoms with van der Waals surface area (Å²) in [5.74, 6) is -1.20. The van der Waals surface area contributed by atoms with E-state index in [2.05, 4.69) is 15.0 Å². The van der Waals surface area contributed by atoms with Gasteiger partial charge in [-0.15, -0.1) is 0 Å². The van der Waals surface area contributed by atoms with Gasteiger partial charge in [0.1, 0.15) is 19.1 Å². The Balaban J connectivity index is 0.00000181. The summed E-state index contributed by atoms with van der Waals surface area (Å²) in [6, 6.07) is 10.9. The van der Waals surface area contributed by atoms with Gasteiger partial charge in [-0.05, 0) is 18.2 Å². The average Bonchev–Trinajstić information content (AvgIpc) is 3.23. The van der Waals surface area contributed by atoms with Crippen LogP contribution in [0.15, 0.2) is 47.8 Å². The standard InChI is InChI=1S/C20H21F2N3O4S.Na.H/c21-12-20(13-22)28-9-14(10-29-20)8-27-16-5-6-23-15(7-16)11-30(26)19-24-17-3-1-2-4-18(17)25-19;;/h1-7,14H,8-13H2,(H,24,25);;/q;+1;-1. The van der Waals surface area contributed by atoms with Gasteiger partial charge in [0.2, 0.25) is 5.79 Å². The van der Waals surface area contributed by atoms with Gasteiger partial charge in [0, 0.05) is 18.2 Å². The van der Waals surface area contributed by atoms with E-state index in [9.17, 15) is 13.0 Å². The summed E-state index contributed by atoms with van der Waals surface area (Å²) in [5, 5.41) is 0.394. The Morgan fingerprint density at radius 1 is 1.23 bits per heavy atom. The molecule has 4 rings (SSSR count). The van der Waals surface area contributed by atoms with E-state index in [4.69, 9.17) is 14.2 Å². The summed E-state index contributed by atoms with van der Waals surface area (Å²) >= 11 is 0. The second kappa shape index (κ2) is 10.9. The van der Waals surface area contributed by atoms with Crippen LogP contribution in [0.3, 0.4) is 0 Å². The van der Waals surface area contributed by atoms with Crippen LogP contribution in [-0.2, 0) is 26.0 Å². The number of nitrogens with one attached hydrogen (secondary N) is 1. The molecular formula is C20H22F2N3NaO4S. The average molecular weight is 461 g/mol. The molecule has 3 aromatic rings. The Morgan fingerprint density at radius 2 is 1.97 bits per heavy atom. The number of H-pyrrole nitrogens is 1. The van der Waals surface area contributed by atoms with Gasteiger partial charge in [0.15, 0.2) is 5.16 Å². The minimum Gasteiger partial charge on any atom is -1.00 e. The van der Waals surface area contributed by atoms with Crippen molar-refractivity contribution in [1.29, 1.82) is 0 Å². The molecule has 0 radical (unpaired) electrons. The number of alkyl halides is 2. The number of imidazole rings is 1. The number of rotatable bonds is 8. The third-order valence-electron chi connectivity index (χ3n) is 4.71. The van der Waals surface area contributed by atoms with Gasteiger partial charge < -0.3 is 20.6 Å². The van der Waals surface area contributed by atoms with Crippen LogP contribution in [0.25, 0.3) is 11.0 Å². The number of ether oxygens (including phenoxy) is 3. The SMILES string of the molecule is O=S(Cc1cc(OCC2COC(CF)(CF)OC2)ccn1)c1nc2ccccc2[nH]1.[H-].[Na+]. The van der Waals surface area contributed by atoms with Gasteiger partial charge in [-0.25, -0.2) is 13.8 Å². The first-order chi connectivity index (χ1) is 14.6. The Morgan fingerprint density at radius 3 is 2.68 bits per heavy atom. The van der Waals surface area contributed by atoms with E-state index < -0.39 is 29.9 Å². The molecule has 3 heterocycles. The van der Waals surface area contributed by atoms with E-state index in [1.165, 1.54) is 0 Å². The Labute approximate surface area is 204 Å². The summed E-state index contributed by atoms with van der Waals surface area (Å²) in [5.41, 5.74) is 2.18. The first kappa shape index (κ1) is 24.2. The number of fused-ring (bicyclic) bond motifs is 1. The second-order valence-corrected chi connectivity index (χ2v) is 8.38. The molecule has 0 spiro atoms. The number of halogens is 2. The molecule has 0 saturated carbocycles. The van der Waals surface area contributed by atoms with Gasteiger partial charge in [-0.2, -0.15) is 0 Å². The van der Waals surface area contributed by atoms with Gasteiger partial charge in [0.25, 0.3) is 0 Å².